The van der Waals surface area contributed by atoms with E-state index in [-0.39, 0.29) is 0 Å². The van der Waals surface area contributed by atoms with E-state index in [4.69, 9.17) is 0 Å². The molecule has 0 atom stereocenters. The fourth-order valence-electron chi connectivity index (χ4n) is 2.13. The Balaban J connectivity index is 1.52. The van der Waals surface area contributed by atoms with Crippen LogP contribution in [0.3, 0.4) is 0 Å². The summed E-state index contributed by atoms with van der Waals surface area (Å²) in [6.45, 7) is 1.17. The van der Waals surface area contributed by atoms with E-state index >= 15 is 0 Å². The van der Waals surface area contributed by atoms with Crippen LogP contribution in [0.5, 0.6) is 0 Å². The van der Waals surface area contributed by atoms with E-state index in [1.165, 1.54) is 49.3 Å². The van der Waals surface area contributed by atoms with Gasteiger partial charge in [0, 0.05) is 23.3 Å². The molecule has 1 aromatic heterocycles. The van der Waals surface area contributed by atoms with Gasteiger partial charge in [0.25, 0.3) is 0 Å². The van der Waals surface area contributed by atoms with Gasteiger partial charge in [-0.25, -0.2) is 0 Å². The van der Waals surface area contributed by atoms with E-state index in [1.54, 1.807) is 0 Å². The van der Waals surface area contributed by atoms with Crippen molar-refractivity contribution < 1.29 is 0 Å². The lowest BCUT2D eigenvalue weighted by Crippen LogP contribution is -2.27. The maximum atomic E-state index is 4.02. The Morgan fingerprint density at radius 2 is 2.00 bits per heavy atom. The first-order valence-corrected chi connectivity index (χ1v) is 7.20. The van der Waals surface area contributed by atoms with Crippen LogP contribution in [0.4, 0.5) is 0 Å². The van der Waals surface area contributed by atoms with Gasteiger partial charge in [0.05, 0.1) is 0 Å². The molecule has 0 saturated heterocycles. The highest BCUT2D eigenvalue weighted by atomic mass is 32.2. The van der Waals surface area contributed by atoms with Crippen LogP contribution in [0.25, 0.3) is 0 Å². The van der Waals surface area contributed by atoms with Gasteiger partial charge >= 0.3 is 0 Å². The van der Waals surface area contributed by atoms with Crippen LogP contribution < -0.4 is 5.32 Å². The molecule has 1 fully saturated rings. The van der Waals surface area contributed by atoms with Crippen molar-refractivity contribution in [3.63, 3.8) is 0 Å². The van der Waals surface area contributed by atoms with Crippen LogP contribution in [0.15, 0.2) is 29.4 Å². The Kier molecular flexibility index (Phi) is 5.16. The van der Waals surface area contributed by atoms with Crippen molar-refractivity contribution in [2.24, 2.45) is 0 Å². The second kappa shape index (κ2) is 6.92. The summed E-state index contributed by atoms with van der Waals surface area (Å²) in [6.07, 6.45) is 10.6. The lowest BCUT2D eigenvalue weighted by molar-refractivity contribution is 0.525. The van der Waals surface area contributed by atoms with Gasteiger partial charge in [-0.05, 0) is 43.7 Å². The standard InChI is InChI=1S/C13H20N2S/c1-2-5-12(4-1)15-8-3-11-16-13-6-9-14-10-7-13/h6-7,9-10,12,15H,1-5,8,11H2. The smallest absolute Gasteiger partial charge is 0.0278 e. The number of rotatable bonds is 6. The van der Waals surface area contributed by atoms with Crippen LogP contribution in [-0.2, 0) is 0 Å². The van der Waals surface area contributed by atoms with Crippen molar-refractivity contribution >= 4 is 11.8 Å². The second-order valence-electron chi connectivity index (χ2n) is 4.32. The monoisotopic (exact) mass is 236 g/mol. The van der Waals surface area contributed by atoms with Crippen molar-refractivity contribution in [3.05, 3.63) is 24.5 Å². The van der Waals surface area contributed by atoms with Crippen molar-refractivity contribution in [2.75, 3.05) is 12.3 Å². The number of pyridine rings is 1. The predicted octanol–water partition coefficient (Wildman–Crippen LogP) is 3.10. The SMILES string of the molecule is c1cc(SCCCNC2CCCC2)ccn1. The zero-order valence-corrected chi connectivity index (χ0v) is 10.5. The van der Waals surface area contributed by atoms with Crippen molar-refractivity contribution in [1.82, 2.24) is 10.3 Å². The molecule has 2 nitrogen and oxygen atoms in total. The first kappa shape index (κ1) is 11.9. The highest BCUT2D eigenvalue weighted by Gasteiger charge is 2.12. The summed E-state index contributed by atoms with van der Waals surface area (Å²) < 4.78 is 0. The van der Waals surface area contributed by atoms with Crippen molar-refractivity contribution in [1.29, 1.82) is 0 Å². The first-order valence-electron chi connectivity index (χ1n) is 6.21. The minimum absolute atomic E-state index is 0.811. The molecule has 0 amide bonds. The van der Waals surface area contributed by atoms with Gasteiger partial charge in [-0.2, -0.15) is 0 Å². The lowest BCUT2D eigenvalue weighted by Gasteiger charge is -2.10. The Bertz CT molecular complexity index is 283. The number of nitrogens with one attached hydrogen (secondary N) is 1. The van der Waals surface area contributed by atoms with Gasteiger partial charge in [0.1, 0.15) is 0 Å². The molecular weight excluding hydrogens is 216 g/mol. The van der Waals surface area contributed by atoms with Crippen molar-refractivity contribution in [3.8, 4) is 0 Å². The normalized spacial score (nSPS) is 16.8. The second-order valence-corrected chi connectivity index (χ2v) is 5.49. The minimum atomic E-state index is 0.811. The number of thioether (sulfide) groups is 1. The highest BCUT2D eigenvalue weighted by Crippen LogP contribution is 2.19. The van der Waals surface area contributed by atoms with Gasteiger partial charge in [0.15, 0.2) is 0 Å². The quantitative estimate of drug-likeness (QED) is 0.607. The van der Waals surface area contributed by atoms with Crippen LogP contribution >= 0.6 is 11.8 Å². The highest BCUT2D eigenvalue weighted by molar-refractivity contribution is 7.99. The number of hydrogen-bond donors (Lipinski definition) is 1. The Morgan fingerprint density at radius 1 is 1.25 bits per heavy atom. The average molecular weight is 236 g/mol. The van der Waals surface area contributed by atoms with E-state index in [0.29, 0.717) is 0 Å². The number of aromatic nitrogens is 1. The molecule has 0 aliphatic heterocycles. The lowest BCUT2D eigenvalue weighted by atomic mass is 10.2. The molecule has 0 unspecified atom stereocenters. The Labute approximate surface area is 102 Å². The van der Waals surface area contributed by atoms with E-state index in [2.05, 4.69) is 22.4 Å². The minimum Gasteiger partial charge on any atom is -0.314 e. The molecule has 1 saturated carbocycles. The first-order chi connectivity index (χ1) is 7.95. The molecule has 1 aliphatic rings. The summed E-state index contributed by atoms with van der Waals surface area (Å²) in [5, 5.41) is 3.64. The molecular formula is C13H20N2S. The van der Waals surface area contributed by atoms with E-state index in [1.807, 2.05) is 24.2 Å². The molecule has 0 radical (unpaired) electrons. The van der Waals surface area contributed by atoms with E-state index in [9.17, 15) is 0 Å². The molecule has 1 heterocycles. The largest absolute Gasteiger partial charge is 0.314 e. The third kappa shape index (κ3) is 4.14. The average Bonchev–Trinajstić information content (AvgIpc) is 2.83. The molecule has 2 rings (SSSR count). The molecule has 1 aliphatic carbocycles. The molecule has 88 valence electrons. The number of hydrogen-bond acceptors (Lipinski definition) is 3. The summed E-state index contributed by atoms with van der Waals surface area (Å²) in [5.74, 6) is 1.20. The van der Waals surface area contributed by atoms with Crippen LogP contribution in [-0.4, -0.2) is 23.3 Å². The van der Waals surface area contributed by atoms with Gasteiger partial charge in [0.2, 0.25) is 0 Å². The summed E-state index contributed by atoms with van der Waals surface area (Å²) in [7, 11) is 0. The fourth-order valence-corrected chi connectivity index (χ4v) is 2.97. The molecule has 1 aromatic rings. The topological polar surface area (TPSA) is 24.9 Å². The van der Waals surface area contributed by atoms with E-state index < -0.39 is 0 Å². The van der Waals surface area contributed by atoms with Crippen molar-refractivity contribution in [2.45, 2.75) is 43.0 Å². The predicted molar refractivity (Wildman–Crippen MR) is 69.8 cm³/mol. The van der Waals surface area contributed by atoms with E-state index in [0.717, 1.165) is 6.04 Å². The van der Waals surface area contributed by atoms with Gasteiger partial charge in [-0.1, -0.05) is 12.8 Å². The zero-order valence-electron chi connectivity index (χ0n) is 9.69. The van der Waals surface area contributed by atoms with Crippen LogP contribution in [0, 0.1) is 0 Å². The fraction of sp³-hybridized carbons (Fsp3) is 0.615. The maximum Gasteiger partial charge on any atom is 0.0278 e. The summed E-state index contributed by atoms with van der Waals surface area (Å²) in [6, 6.07) is 4.97. The summed E-state index contributed by atoms with van der Waals surface area (Å²) >= 11 is 1.92. The molecule has 1 N–H and O–H groups in total. The molecule has 0 bridgehead atoms. The summed E-state index contributed by atoms with van der Waals surface area (Å²) in [5.41, 5.74) is 0. The van der Waals surface area contributed by atoms with Crippen LogP contribution in [0.1, 0.15) is 32.1 Å². The third-order valence-electron chi connectivity index (χ3n) is 3.03. The van der Waals surface area contributed by atoms with Gasteiger partial charge in [-0.15, -0.1) is 11.8 Å². The third-order valence-corrected chi connectivity index (χ3v) is 4.13. The maximum absolute atomic E-state index is 4.02. The molecule has 0 aromatic carbocycles. The van der Waals surface area contributed by atoms with Gasteiger partial charge in [-0.3, -0.25) is 4.98 Å². The molecule has 0 spiro atoms. The molecule has 16 heavy (non-hydrogen) atoms. The Morgan fingerprint density at radius 3 is 2.75 bits per heavy atom. The zero-order chi connectivity index (χ0) is 11.1. The van der Waals surface area contributed by atoms with Crippen LogP contribution in [0.2, 0.25) is 0 Å². The van der Waals surface area contributed by atoms with Gasteiger partial charge < -0.3 is 5.32 Å². The Hall–Kier alpha value is -0.540. The summed E-state index contributed by atoms with van der Waals surface area (Å²) in [4.78, 5) is 5.35. The molecule has 3 heteroatoms. The number of nitrogens with zero attached hydrogens (tertiary/aromatic N) is 1.